The molecule has 1 saturated heterocycles. The summed E-state index contributed by atoms with van der Waals surface area (Å²) in [7, 11) is 2.14. The highest BCUT2D eigenvalue weighted by Gasteiger charge is 2.41. The third-order valence-electron chi connectivity index (χ3n) is 3.70. The fourth-order valence-electron chi connectivity index (χ4n) is 2.91. The average molecular weight is 181 g/mol. The lowest BCUT2D eigenvalue weighted by Gasteiger charge is -2.42. The maximum Gasteiger partial charge on any atom is 0.141 e. The Labute approximate surface area is 80.3 Å². The molecule has 1 aliphatic carbocycles. The number of ketones is 1. The third-order valence-corrected chi connectivity index (χ3v) is 3.70. The van der Waals surface area contributed by atoms with E-state index in [0.717, 1.165) is 32.4 Å². The Morgan fingerprint density at radius 3 is 2.62 bits per heavy atom. The summed E-state index contributed by atoms with van der Waals surface area (Å²) in [5.41, 5.74) is 0.0747. The number of nitrogens with zero attached hydrogens (tertiary/aromatic N) is 1. The van der Waals surface area contributed by atoms with Crippen LogP contribution in [0.2, 0.25) is 0 Å². The van der Waals surface area contributed by atoms with E-state index in [4.69, 9.17) is 0 Å². The van der Waals surface area contributed by atoms with E-state index < -0.39 is 0 Å². The maximum atomic E-state index is 11.9. The van der Waals surface area contributed by atoms with Crippen LogP contribution in [-0.4, -0.2) is 30.8 Å². The molecule has 2 nitrogen and oxygen atoms in total. The van der Waals surface area contributed by atoms with Gasteiger partial charge in [0, 0.05) is 24.9 Å². The number of likely N-dealkylation sites (tertiary alicyclic amines) is 1. The summed E-state index contributed by atoms with van der Waals surface area (Å²) in [6, 6.07) is 0. The van der Waals surface area contributed by atoms with Crippen LogP contribution in [0, 0.1) is 5.41 Å². The molecule has 0 atom stereocenters. The Morgan fingerprint density at radius 1 is 1.23 bits per heavy atom. The van der Waals surface area contributed by atoms with Crippen molar-refractivity contribution in [2.45, 2.75) is 38.5 Å². The summed E-state index contributed by atoms with van der Waals surface area (Å²) >= 11 is 0. The molecule has 0 amide bonds. The van der Waals surface area contributed by atoms with E-state index in [-0.39, 0.29) is 5.41 Å². The normalized spacial score (nSPS) is 29.5. The number of hydrogen-bond donors (Lipinski definition) is 0. The van der Waals surface area contributed by atoms with Crippen LogP contribution in [0.15, 0.2) is 0 Å². The molecule has 2 fully saturated rings. The average Bonchev–Trinajstić information content (AvgIpc) is 2.14. The Kier molecular flexibility index (Phi) is 2.41. The van der Waals surface area contributed by atoms with Crippen molar-refractivity contribution in [2.75, 3.05) is 20.1 Å². The van der Waals surface area contributed by atoms with Crippen LogP contribution in [0.1, 0.15) is 38.5 Å². The van der Waals surface area contributed by atoms with Crippen molar-refractivity contribution in [3.8, 4) is 0 Å². The number of carbonyl (C=O) groups is 1. The second-order valence-electron chi connectivity index (χ2n) is 4.75. The fraction of sp³-hybridized carbons (Fsp3) is 0.909. The van der Waals surface area contributed by atoms with Crippen LogP contribution in [0.3, 0.4) is 0 Å². The highest BCUT2D eigenvalue weighted by Crippen LogP contribution is 2.40. The highest BCUT2D eigenvalue weighted by molar-refractivity contribution is 5.86. The molecule has 1 aliphatic heterocycles. The molecule has 13 heavy (non-hydrogen) atoms. The Morgan fingerprint density at radius 2 is 1.92 bits per heavy atom. The number of hydrogen-bond acceptors (Lipinski definition) is 2. The van der Waals surface area contributed by atoms with E-state index in [1.54, 1.807) is 0 Å². The van der Waals surface area contributed by atoms with E-state index in [1.807, 2.05) is 0 Å². The largest absolute Gasteiger partial charge is 0.305 e. The number of Topliss-reactive ketones (excluding diaryl/α,β-unsaturated/α-hetero) is 1. The zero-order valence-corrected chi connectivity index (χ0v) is 8.51. The van der Waals surface area contributed by atoms with Gasteiger partial charge in [-0.25, -0.2) is 0 Å². The molecule has 0 aromatic carbocycles. The van der Waals surface area contributed by atoms with Crippen molar-refractivity contribution in [3.63, 3.8) is 0 Å². The van der Waals surface area contributed by atoms with E-state index >= 15 is 0 Å². The molecular weight excluding hydrogens is 162 g/mol. The molecular formula is C11H19NO. The highest BCUT2D eigenvalue weighted by atomic mass is 16.1. The third kappa shape index (κ3) is 1.64. The van der Waals surface area contributed by atoms with E-state index in [2.05, 4.69) is 11.9 Å². The molecule has 1 heterocycles. The molecule has 1 spiro atoms. The van der Waals surface area contributed by atoms with Gasteiger partial charge in [-0.05, 0) is 19.9 Å². The van der Waals surface area contributed by atoms with E-state index in [0.29, 0.717) is 5.78 Å². The molecule has 0 N–H and O–H groups in total. The summed E-state index contributed by atoms with van der Waals surface area (Å²) in [4.78, 5) is 14.2. The van der Waals surface area contributed by atoms with Crippen LogP contribution in [-0.2, 0) is 4.79 Å². The minimum Gasteiger partial charge on any atom is -0.305 e. The molecule has 0 aromatic heterocycles. The van der Waals surface area contributed by atoms with Crippen molar-refractivity contribution in [1.29, 1.82) is 0 Å². The first kappa shape index (κ1) is 9.20. The number of piperidine rings is 1. The van der Waals surface area contributed by atoms with Crippen LogP contribution in [0.5, 0.6) is 0 Å². The van der Waals surface area contributed by atoms with Crippen LogP contribution >= 0.6 is 0 Å². The van der Waals surface area contributed by atoms with Gasteiger partial charge in [0.2, 0.25) is 0 Å². The van der Waals surface area contributed by atoms with E-state index in [1.165, 1.54) is 19.3 Å². The van der Waals surface area contributed by atoms with Gasteiger partial charge in [0.1, 0.15) is 5.78 Å². The zero-order valence-electron chi connectivity index (χ0n) is 8.51. The van der Waals surface area contributed by atoms with Crippen molar-refractivity contribution in [3.05, 3.63) is 0 Å². The van der Waals surface area contributed by atoms with E-state index in [9.17, 15) is 4.79 Å². The summed E-state index contributed by atoms with van der Waals surface area (Å²) in [6.07, 6.45) is 6.95. The van der Waals surface area contributed by atoms with Gasteiger partial charge >= 0.3 is 0 Å². The second kappa shape index (κ2) is 3.41. The van der Waals surface area contributed by atoms with Crippen LogP contribution in [0.4, 0.5) is 0 Å². The van der Waals surface area contributed by atoms with Gasteiger partial charge in [-0.3, -0.25) is 4.79 Å². The van der Waals surface area contributed by atoms with Gasteiger partial charge in [0.25, 0.3) is 0 Å². The molecule has 2 rings (SSSR count). The second-order valence-corrected chi connectivity index (χ2v) is 4.75. The summed E-state index contributed by atoms with van der Waals surface area (Å²) in [5, 5.41) is 0. The number of rotatable bonds is 0. The lowest BCUT2D eigenvalue weighted by Crippen LogP contribution is -2.48. The first-order valence-corrected chi connectivity index (χ1v) is 5.45. The number of carbonyl (C=O) groups excluding carboxylic acids is 1. The lowest BCUT2D eigenvalue weighted by molar-refractivity contribution is -0.135. The van der Waals surface area contributed by atoms with Gasteiger partial charge in [-0.1, -0.05) is 19.3 Å². The summed E-state index contributed by atoms with van der Waals surface area (Å²) < 4.78 is 0. The topological polar surface area (TPSA) is 20.3 Å². The quantitative estimate of drug-likeness (QED) is 0.568. The molecule has 1 saturated carbocycles. The summed E-state index contributed by atoms with van der Waals surface area (Å²) in [5.74, 6) is 0.547. The maximum absolute atomic E-state index is 11.9. The van der Waals surface area contributed by atoms with Crippen LogP contribution in [0.25, 0.3) is 0 Å². The predicted molar refractivity (Wildman–Crippen MR) is 52.6 cm³/mol. The molecule has 0 unspecified atom stereocenters. The van der Waals surface area contributed by atoms with Crippen molar-refractivity contribution >= 4 is 5.78 Å². The first-order valence-electron chi connectivity index (χ1n) is 5.45. The monoisotopic (exact) mass is 181 g/mol. The van der Waals surface area contributed by atoms with Crippen molar-refractivity contribution in [2.24, 2.45) is 5.41 Å². The van der Waals surface area contributed by atoms with Gasteiger partial charge in [-0.2, -0.15) is 0 Å². The minimum atomic E-state index is 0.0747. The van der Waals surface area contributed by atoms with Gasteiger partial charge in [0.15, 0.2) is 0 Å². The molecule has 74 valence electrons. The Balaban J connectivity index is 2.11. The van der Waals surface area contributed by atoms with Gasteiger partial charge in [0.05, 0.1) is 0 Å². The molecule has 2 heteroatoms. The summed E-state index contributed by atoms with van der Waals surface area (Å²) in [6.45, 7) is 1.99. The standard InChI is InChI=1S/C11H19NO/c1-12-8-5-10(13)11(9-12)6-3-2-4-7-11/h2-9H2,1H3. The SMILES string of the molecule is CN1CCC(=O)C2(CCCCC2)C1. The molecule has 0 radical (unpaired) electrons. The smallest absolute Gasteiger partial charge is 0.141 e. The zero-order chi connectivity index (χ0) is 9.31. The molecule has 0 aromatic rings. The predicted octanol–water partition coefficient (Wildman–Crippen LogP) is 1.84. The van der Waals surface area contributed by atoms with Gasteiger partial charge < -0.3 is 4.90 Å². The van der Waals surface area contributed by atoms with Crippen LogP contribution < -0.4 is 0 Å². The van der Waals surface area contributed by atoms with Crippen molar-refractivity contribution < 1.29 is 4.79 Å². The Bertz CT molecular complexity index is 206. The lowest BCUT2D eigenvalue weighted by atomic mass is 9.68. The molecule has 0 bridgehead atoms. The minimum absolute atomic E-state index is 0.0747. The van der Waals surface area contributed by atoms with Crippen molar-refractivity contribution in [1.82, 2.24) is 4.90 Å². The molecule has 2 aliphatic rings. The van der Waals surface area contributed by atoms with Gasteiger partial charge in [-0.15, -0.1) is 0 Å². The Hall–Kier alpha value is -0.370. The fourth-order valence-corrected chi connectivity index (χ4v) is 2.91. The first-order chi connectivity index (χ1) is 6.23.